The van der Waals surface area contributed by atoms with E-state index in [1.807, 2.05) is 76.2 Å². The molecular formula is C79H157F13. The van der Waals surface area contributed by atoms with Crippen molar-refractivity contribution in [3.05, 3.63) is 0 Å². The second kappa shape index (κ2) is 42.9. The minimum absolute atomic E-state index is 0.0543. The Kier molecular flexibility index (Phi) is 47.6. The van der Waals surface area contributed by atoms with E-state index in [0.29, 0.717) is 48.9 Å². The molecule has 0 nitrogen and oxygen atoms in total. The van der Waals surface area contributed by atoms with Crippen LogP contribution in [0.3, 0.4) is 0 Å². The van der Waals surface area contributed by atoms with Gasteiger partial charge in [0.2, 0.25) is 0 Å². The van der Waals surface area contributed by atoms with E-state index in [0.717, 1.165) is 75.0 Å². The third kappa shape index (κ3) is 45.6. The van der Waals surface area contributed by atoms with E-state index >= 15 is 0 Å². The molecule has 0 saturated heterocycles. The summed E-state index contributed by atoms with van der Waals surface area (Å²) in [6, 6.07) is 0. The van der Waals surface area contributed by atoms with Gasteiger partial charge in [-0.2, -0.15) is 26.3 Å². The fourth-order valence-corrected chi connectivity index (χ4v) is 12.2. The monoisotopic (exact) mass is 1350 g/mol. The van der Waals surface area contributed by atoms with Crippen LogP contribution in [0.2, 0.25) is 0 Å². The zero-order valence-corrected chi connectivity index (χ0v) is 67.1. The van der Waals surface area contributed by atoms with Crippen LogP contribution in [0.1, 0.15) is 384 Å². The van der Waals surface area contributed by atoms with Crippen molar-refractivity contribution in [3.63, 3.8) is 0 Å². The molecule has 13 heteroatoms. The molecule has 0 aromatic rings. The molecule has 0 N–H and O–H groups in total. The number of rotatable bonds is 15. The predicted octanol–water partition coefficient (Wildman–Crippen LogP) is 31.1. The van der Waals surface area contributed by atoms with Crippen LogP contribution >= 0.6 is 0 Å². The molecular weight excluding hydrogens is 1200 g/mol. The van der Waals surface area contributed by atoms with Crippen molar-refractivity contribution in [1.29, 1.82) is 0 Å². The van der Waals surface area contributed by atoms with Crippen LogP contribution in [-0.4, -0.2) is 52.0 Å². The van der Waals surface area contributed by atoms with Gasteiger partial charge < -0.3 is 0 Å². The Hall–Kier alpha value is -0.910. The first-order chi connectivity index (χ1) is 40.6. The maximum atomic E-state index is 13.6. The van der Waals surface area contributed by atoms with Crippen LogP contribution in [0.4, 0.5) is 57.1 Å². The van der Waals surface area contributed by atoms with E-state index in [1.165, 1.54) is 32.1 Å². The van der Waals surface area contributed by atoms with Crippen molar-refractivity contribution in [3.8, 4) is 0 Å². The van der Waals surface area contributed by atoms with Crippen LogP contribution in [0, 0.1) is 74.4 Å². The molecule has 564 valence electrons. The largest absolute Gasteiger partial charge is 0.403 e. The molecule has 92 heavy (non-hydrogen) atoms. The number of halogens is 13. The highest BCUT2D eigenvalue weighted by Crippen LogP contribution is 2.63. The topological polar surface area (TPSA) is 0 Å². The summed E-state index contributed by atoms with van der Waals surface area (Å²) in [6.07, 6.45) is 6.30. The first kappa shape index (κ1) is 102. The lowest BCUT2D eigenvalue weighted by molar-refractivity contribution is -0.354. The summed E-state index contributed by atoms with van der Waals surface area (Å²) in [5.74, 6) is 4.05. The lowest BCUT2D eigenvalue weighted by Crippen LogP contribution is -2.53. The molecule has 5 aliphatic carbocycles. The van der Waals surface area contributed by atoms with E-state index in [1.54, 1.807) is 90.0 Å². The zero-order chi connectivity index (χ0) is 75.2. The Bertz CT molecular complexity index is 1700. The molecule has 0 unspecified atom stereocenters. The van der Waals surface area contributed by atoms with E-state index in [9.17, 15) is 57.1 Å². The first-order valence-corrected chi connectivity index (χ1v) is 36.5. The van der Waals surface area contributed by atoms with Crippen molar-refractivity contribution in [2.24, 2.45) is 74.4 Å². The maximum Gasteiger partial charge on any atom is 0.403 e. The van der Waals surface area contributed by atoms with Gasteiger partial charge in [-0.25, -0.2) is 30.7 Å². The van der Waals surface area contributed by atoms with Gasteiger partial charge in [0.1, 0.15) is 39.7 Å². The molecule has 0 aromatic heterocycles. The van der Waals surface area contributed by atoms with Gasteiger partial charge in [0.05, 0.1) is 0 Å². The van der Waals surface area contributed by atoms with Gasteiger partial charge in [0.25, 0.3) is 0 Å². The molecule has 5 aliphatic rings. The normalized spacial score (nSPS) is 20.4. The van der Waals surface area contributed by atoms with Crippen molar-refractivity contribution in [1.82, 2.24) is 0 Å². The molecule has 5 saturated carbocycles. The molecule has 5 fully saturated rings. The number of hydrogen-bond acceptors (Lipinski definition) is 0. The molecule has 0 amide bonds. The predicted molar refractivity (Wildman–Crippen MR) is 379 cm³/mol. The lowest BCUT2D eigenvalue weighted by Gasteiger charge is -2.49. The van der Waals surface area contributed by atoms with Crippen LogP contribution in [0.5, 0.6) is 0 Å². The van der Waals surface area contributed by atoms with Crippen LogP contribution < -0.4 is 0 Å². The van der Waals surface area contributed by atoms with Gasteiger partial charge in [-0.3, -0.25) is 0 Å². The van der Waals surface area contributed by atoms with Gasteiger partial charge in [-0.05, 0) is 263 Å². The molecule has 0 aliphatic heterocycles. The van der Waals surface area contributed by atoms with Gasteiger partial charge in [0.15, 0.2) is 5.41 Å². The summed E-state index contributed by atoms with van der Waals surface area (Å²) in [4.78, 5) is 0. The third-order valence-electron chi connectivity index (χ3n) is 21.4. The van der Waals surface area contributed by atoms with E-state index < -0.39 is 70.3 Å². The SMILES string of the molecule is CC(C)(C)C.CC(C)C(C(C)C)C(C)(C)F.CC(C)C(C)(C)F.CC1CCC2(CC1)CCC(C(F)(F)F)(C(F)(F)F)CC2.CCC(C)(C)F.CCC(C)(CC)C(C)(C)F.CCC(C)(F)CC.CCC(CC)C(C)(C)F.CCCC(C)(C)F.C[C@H]1CC2CCC1(C)CC2. The minimum atomic E-state index is -5.20. The second-order valence-corrected chi connectivity index (χ2v) is 35.3. The second-order valence-electron chi connectivity index (χ2n) is 35.3. The van der Waals surface area contributed by atoms with Crippen molar-refractivity contribution in [2.45, 2.75) is 436 Å². The van der Waals surface area contributed by atoms with Crippen LogP contribution in [-0.2, 0) is 0 Å². The molecule has 5 rings (SSSR count). The Balaban J connectivity index is -0.000000230. The summed E-state index contributed by atoms with van der Waals surface area (Å²) >= 11 is 0. The highest BCUT2D eigenvalue weighted by Gasteiger charge is 2.71. The summed E-state index contributed by atoms with van der Waals surface area (Å²) in [7, 11) is 0. The number of alkyl halides is 13. The number of fused-ring (bicyclic) bond motifs is 3. The fourth-order valence-electron chi connectivity index (χ4n) is 12.2. The molecule has 0 aromatic carbocycles. The Morgan fingerprint density at radius 1 is 0.413 bits per heavy atom. The van der Waals surface area contributed by atoms with Gasteiger partial charge in [0, 0.05) is 5.41 Å². The molecule has 0 radical (unpaired) electrons. The highest BCUT2D eigenvalue weighted by atomic mass is 19.4. The van der Waals surface area contributed by atoms with E-state index in [-0.39, 0.29) is 41.4 Å². The molecule has 0 heterocycles. The highest BCUT2D eigenvalue weighted by molar-refractivity contribution is 5.01. The summed E-state index contributed by atoms with van der Waals surface area (Å²) in [5, 5.41) is 0. The summed E-state index contributed by atoms with van der Waals surface area (Å²) in [5.41, 5.74) is -9.54. The quantitative estimate of drug-likeness (QED) is 0.143. The zero-order valence-electron chi connectivity index (χ0n) is 67.1. The van der Waals surface area contributed by atoms with E-state index in [4.69, 9.17) is 0 Å². The summed E-state index contributed by atoms with van der Waals surface area (Å²) in [6.45, 7) is 66.8. The van der Waals surface area contributed by atoms with Crippen LogP contribution in [0.25, 0.3) is 0 Å². The van der Waals surface area contributed by atoms with Crippen molar-refractivity contribution >= 4 is 0 Å². The van der Waals surface area contributed by atoms with Crippen LogP contribution in [0.15, 0.2) is 0 Å². The standard InChI is InChI=1S/C14H20F6.C10H21F.C10H18.C9H19F.C8H17F.3C6H13F.C5H11F.C5H12/c1-10-2-4-11(5-3-10)6-8-12(9-7-11,13(15,16)17)14(18,19)20;1-7(2)9(8(3)4)10(5,6)11;1-8-7-9-3-5-10(8,2)6-4-9;1-6-9(5,7-2)8(3,4)10;1-5-7(6-2)8(3,4)9;1-5(2)6(3,4)7;1-4-5-6(2,3)7;1-4-6(3,7)5-2;1-4-5(2,3)6;1-5(2,3)4/h10H,2-9H2,1H3;7-9H,1-6H3;8-9H,3-7H2,1-2H3;6-7H2,1-5H3;7H,5-6H2,1-4H3;5H,1-4H3;2*4-5H2,1-3H3;4H2,1-3H3;1-4H3/t;;8-,9?,10?;;;;;;;/m..0......./s1. The fraction of sp³-hybridized carbons (Fsp3) is 1.00. The molecule has 2 bridgehead atoms. The number of hydrogen-bond donors (Lipinski definition) is 0. The first-order valence-electron chi connectivity index (χ1n) is 36.5. The van der Waals surface area contributed by atoms with Gasteiger partial charge >= 0.3 is 12.4 Å². The Morgan fingerprint density at radius 3 is 0.848 bits per heavy atom. The van der Waals surface area contributed by atoms with Gasteiger partial charge in [-0.15, -0.1) is 0 Å². The Labute approximate surface area is 564 Å². The average molecular weight is 1350 g/mol. The average Bonchev–Trinajstić information content (AvgIpc) is 0.743. The molecule has 1 spiro atoms. The lowest BCUT2D eigenvalue weighted by atomic mass is 9.57. The maximum absolute atomic E-state index is 13.6. The smallest absolute Gasteiger partial charge is 0.245 e. The Morgan fingerprint density at radius 2 is 0.739 bits per heavy atom. The van der Waals surface area contributed by atoms with Crippen molar-refractivity contribution < 1.29 is 57.1 Å². The minimum Gasteiger partial charge on any atom is -0.245 e. The third-order valence-corrected chi connectivity index (χ3v) is 21.4. The van der Waals surface area contributed by atoms with E-state index in [2.05, 4.69) is 76.2 Å². The molecule has 1 atom stereocenters. The summed E-state index contributed by atoms with van der Waals surface area (Å²) < 4.78 is 168. The van der Waals surface area contributed by atoms with Gasteiger partial charge in [-0.1, -0.05) is 184 Å². The van der Waals surface area contributed by atoms with Crippen molar-refractivity contribution in [2.75, 3.05) is 0 Å².